The number of carbonyl (C=O) groups excluding carboxylic acids is 1. The van der Waals surface area contributed by atoms with Gasteiger partial charge in [-0.1, -0.05) is 0 Å². The molecule has 0 spiro atoms. The van der Waals surface area contributed by atoms with E-state index in [1.54, 1.807) is 13.3 Å². The van der Waals surface area contributed by atoms with Crippen LogP contribution in [0.1, 0.15) is 5.56 Å². The minimum Gasteiger partial charge on any atom is -0.497 e. The molecule has 22 heavy (non-hydrogen) atoms. The Morgan fingerprint density at radius 3 is 2.77 bits per heavy atom. The molecule has 0 bridgehead atoms. The van der Waals surface area contributed by atoms with Crippen molar-refractivity contribution < 1.29 is 24.2 Å². The van der Waals surface area contributed by atoms with Crippen LogP contribution in [-0.4, -0.2) is 48.8 Å². The van der Waals surface area contributed by atoms with Crippen LogP contribution in [0.4, 0.5) is 0 Å². The maximum atomic E-state index is 12.0. The second-order valence-electron chi connectivity index (χ2n) is 4.82. The Balaban J connectivity index is 2.12. The van der Waals surface area contributed by atoms with Gasteiger partial charge < -0.3 is 24.9 Å². The molecular weight excluding hydrogens is 288 g/mol. The van der Waals surface area contributed by atoms with Crippen LogP contribution in [0.15, 0.2) is 24.4 Å². The summed E-state index contributed by atoms with van der Waals surface area (Å²) in [7, 11) is 2.95. The van der Waals surface area contributed by atoms with Gasteiger partial charge >= 0.3 is 5.97 Å². The monoisotopic (exact) mass is 306 g/mol. The van der Waals surface area contributed by atoms with Crippen molar-refractivity contribution in [3.8, 4) is 5.75 Å². The number of methoxy groups -OCH3 is 2. The smallest absolute Gasteiger partial charge is 0.328 e. The standard InChI is InChI=1S/C15H18N2O5/c1-21-8-13(15(19)20)17-14(18)5-9-7-16-12-4-3-10(22-2)6-11(9)12/h3-4,6-7,13,16H,5,8H2,1-2H3,(H,17,18)(H,19,20). The third-order valence-electron chi connectivity index (χ3n) is 3.29. The number of H-pyrrole nitrogens is 1. The van der Waals surface area contributed by atoms with Crippen LogP contribution >= 0.6 is 0 Å². The predicted octanol–water partition coefficient (Wildman–Crippen LogP) is 0.935. The number of carboxylic acid groups (broad SMARTS) is 1. The normalized spacial score (nSPS) is 12.1. The Morgan fingerprint density at radius 1 is 1.36 bits per heavy atom. The summed E-state index contributed by atoms with van der Waals surface area (Å²) >= 11 is 0. The molecular formula is C15H18N2O5. The van der Waals surface area contributed by atoms with E-state index in [4.69, 9.17) is 14.6 Å². The fourth-order valence-corrected chi connectivity index (χ4v) is 2.19. The lowest BCUT2D eigenvalue weighted by molar-refractivity contribution is -0.143. The summed E-state index contributed by atoms with van der Waals surface area (Å²) in [5, 5.41) is 12.3. The molecule has 1 unspecified atom stereocenters. The molecule has 0 radical (unpaired) electrons. The third-order valence-corrected chi connectivity index (χ3v) is 3.29. The van der Waals surface area contributed by atoms with E-state index in [0.29, 0.717) is 5.75 Å². The molecule has 1 aromatic heterocycles. The molecule has 0 saturated heterocycles. The fraction of sp³-hybridized carbons (Fsp3) is 0.333. The number of hydrogen-bond donors (Lipinski definition) is 3. The average Bonchev–Trinajstić information content (AvgIpc) is 2.88. The van der Waals surface area contributed by atoms with Crippen molar-refractivity contribution in [1.29, 1.82) is 0 Å². The van der Waals surface area contributed by atoms with Crippen molar-refractivity contribution in [1.82, 2.24) is 10.3 Å². The molecule has 0 aliphatic heterocycles. The summed E-state index contributed by atoms with van der Waals surface area (Å²) in [6, 6.07) is 4.46. The molecule has 1 amide bonds. The van der Waals surface area contributed by atoms with Gasteiger partial charge in [0.05, 0.1) is 20.1 Å². The third kappa shape index (κ3) is 3.56. The number of aromatic amines is 1. The molecule has 3 N–H and O–H groups in total. The Labute approximate surface area is 127 Å². The highest BCUT2D eigenvalue weighted by Gasteiger charge is 2.20. The van der Waals surface area contributed by atoms with Gasteiger partial charge in [-0.25, -0.2) is 4.79 Å². The van der Waals surface area contributed by atoms with Crippen molar-refractivity contribution in [2.45, 2.75) is 12.5 Å². The average molecular weight is 306 g/mol. The van der Waals surface area contributed by atoms with E-state index in [1.165, 1.54) is 7.11 Å². The second-order valence-corrected chi connectivity index (χ2v) is 4.82. The summed E-state index contributed by atoms with van der Waals surface area (Å²) in [6.07, 6.45) is 1.80. The molecule has 0 fully saturated rings. The van der Waals surface area contributed by atoms with Crippen LogP contribution in [-0.2, 0) is 20.7 Å². The molecule has 118 valence electrons. The van der Waals surface area contributed by atoms with Crippen molar-refractivity contribution >= 4 is 22.8 Å². The number of amides is 1. The van der Waals surface area contributed by atoms with Gasteiger partial charge in [-0.2, -0.15) is 0 Å². The molecule has 1 atom stereocenters. The van der Waals surface area contributed by atoms with Gasteiger partial charge in [0, 0.05) is 24.2 Å². The lowest BCUT2D eigenvalue weighted by atomic mass is 10.1. The van der Waals surface area contributed by atoms with Gasteiger partial charge in [-0.3, -0.25) is 4.79 Å². The summed E-state index contributed by atoms with van der Waals surface area (Å²) in [5.74, 6) is -0.819. The summed E-state index contributed by atoms with van der Waals surface area (Å²) < 4.78 is 9.95. The highest BCUT2D eigenvalue weighted by molar-refractivity contribution is 5.91. The highest BCUT2D eigenvalue weighted by Crippen LogP contribution is 2.23. The zero-order valence-electron chi connectivity index (χ0n) is 12.4. The SMILES string of the molecule is COCC(NC(=O)Cc1c[nH]c2ccc(OC)cc12)C(=O)O. The van der Waals surface area contributed by atoms with E-state index >= 15 is 0 Å². The van der Waals surface area contributed by atoms with E-state index in [0.717, 1.165) is 16.5 Å². The lowest BCUT2D eigenvalue weighted by Crippen LogP contribution is -2.44. The molecule has 1 heterocycles. The van der Waals surface area contributed by atoms with Crippen LogP contribution in [0, 0.1) is 0 Å². The lowest BCUT2D eigenvalue weighted by Gasteiger charge is -2.13. The first-order chi connectivity index (χ1) is 10.5. The molecule has 2 rings (SSSR count). The summed E-state index contributed by atoms with van der Waals surface area (Å²) in [6.45, 7) is -0.0806. The van der Waals surface area contributed by atoms with Gasteiger partial charge in [-0.05, 0) is 23.8 Å². The van der Waals surface area contributed by atoms with Gasteiger partial charge in [0.2, 0.25) is 5.91 Å². The van der Waals surface area contributed by atoms with E-state index in [2.05, 4.69) is 10.3 Å². The van der Waals surface area contributed by atoms with Crippen molar-refractivity contribution in [3.63, 3.8) is 0 Å². The first kappa shape index (κ1) is 15.8. The molecule has 0 saturated carbocycles. The molecule has 1 aromatic carbocycles. The Bertz CT molecular complexity index is 680. The van der Waals surface area contributed by atoms with Crippen LogP contribution in [0.5, 0.6) is 5.75 Å². The van der Waals surface area contributed by atoms with Crippen LogP contribution < -0.4 is 10.1 Å². The number of carbonyl (C=O) groups is 2. The quantitative estimate of drug-likeness (QED) is 0.706. The number of carboxylic acids is 1. The van der Waals surface area contributed by atoms with Gasteiger partial charge in [0.25, 0.3) is 0 Å². The number of aliphatic carboxylic acids is 1. The van der Waals surface area contributed by atoms with Crippen molar-refractivity contribution in [3.05, 3.63) is 30.0 Å². The minimum absolute atomic E-state index is 0.0701. The number of rotatable bonds is 7. The van der Waals surface area contributed by atoms with E-state index in [9.17, 15) is 9.59 Å². The maximum Gasteiger partial charge on any atom is 0.328 e. The van der Waals surface area contributed by atoms with Gasteiger partial charge in [0.1, 0.15) is 5.75 Å². The molecule has 7 heteroatoms. The first-order valence-corrected chi connectivity index (χ1v) is 6.70. The maximum absolute atomic E-state index is 12.0. The zero-order valence-corrected chi connectivity index (χ0v) is 12.4. The number of aromatic nitrogens is 1. The number of fused-ring (bicyclic) bond motifs is 1. The van der Waals surface area contributed by atoms with E-state index in [-0.39, 0.29) is 18.9 Å². The van der Waals surface area contributed by atoms with E-state index in [1.807, 2.05) is 18.2 Å². The second kappa shape index (κ2) is 6.95. The Kier molecular flexibility index (Phi) is 5.00. The Hall–Kier alpha value is -2.54. The predicted molar refractivity (Wildman–Crippen MR) is 80.0 cm³/mol. The molecule has 2 aromatic rings. The zero-order chi connectivity index (χ0) is 16.1. The number of ether oxygens (including phenoxy) is 2. The van der Waals surface area contributed by atoms with Crippen molar-refractivity contribution in [2.75, 3.05) is 20.8 Å². The van der Waals surface area contributed by atoms with Gasteiger partial charge in [-0.15, -0.1) is 0 Å². The number of nitrogens with one attached hydrogen (secondary N) is 2. The van der Waals surface area contributed by atoms with Crippen LogP contribution in [0.25, 0.3) is 10.9 Å². The van der Waals surface area contributed by atoms with Crippen LogP contribution in [0.3, 0.4) is 0 Å². The largest absolute Gasteiger partial charge is 0.497 e. The minimum atomic E-state index is -1.13. The highest BCUT2D eigenvalue weighted by atomic mass is 16.5. The molecule has 7 nitrogen and oxygen atoms in total. The first-order valence-electron chi connectivity index (χ1n) is 6.70. The van der Waals surface area contributed by atoms with Crippen LogP contribution in [0.2, 0.25) is 0 Å². The fourth-order valence-electron chi connectivity index (χ4n) is 2.19. The van der Waals surface area contributed by atoms with E-state index < -0.39 is 12.0 Å². The molecule has 0 aliphatic carbocycles. The molecule has 0 aliphatic rings. The van der Waals surface area contributed by atoms with Crippen molar-refractivity contribution in [2.24, 2.45) is 0 Å². The summed E-state index contributed by atoms with van der Waals surface area (Å²) in [4.78, 5) is 26.1. The topological polar surface area (TPSA) is 101 Å². The summed E-state index contributed by atoms with van der Waals surface area (Å²) in [5.41, 5.74) is 1.66. The number of benzene rings is 1. The number of hydrogen-bond acceptors (Lipinski definition) is 4. The van der Waals surface area contributed by atoms with Gasteiger partial charge in [0.15, 0.2) is 6.04 Å². The Morgan fingerprint density at radius 2 is 2.14 bits per heavy atom.